The van der Waals surface area contributed by atoms with Gasteiger partial charge in [0, 0.05) is 0 Å². The molecule has 0 unspecified atom stereocenters. The van der Waals surface area contributed by atoms with Gasteiger partial charge in [0.2, 0.25) is 0 Å². The van der Waals surface area contributed by atoms with Crippen LogP contribution in [0.25, 0.3) is 0 Å². The molecule has 0 saturated heterocycles. The summed E-state index contributed by atoms with van der Waals surface area (Å²) in [4.78, 5) is 0. The van der Waals surface area contributed by atoms with Crippen molar-refractivity contribution in [2.45, 2.75) is 32.9 Å². The van der Waals surface area contributed by atoms with Gasteiger partial charge in [-0.1, -0.05) is 44.2 Å². The standard InChI is InChI=1S/C12H17F/c1-10(2)9-12(3,13)11-7-5-4-6-8-11/h4-8,10H,9H2,1-3H3/t12-/m0/s1. The maximum absolute atomic E-state index is 14.1. The summed E-state index contributed by atoms with van der Waals surface area (Å²) in [5, 5.41) is 0. The molecule has 0 spiro atoms. The van der Waals surface area contributed by atoms with Gasteiger partial charge in [0.05, 0.1) is 0 Å². The second-order valence-corrected chi connectivity index (χ2v) is 4.16. The predicted octanol–water partition coefficient (Wildman–Crippen LogP) is 3.92. The van der Waals surface area contributed by atoms with E-state index in [9.17, 15) is 4.39 Å². The summed E-state index contributed by atoms with van der Waals surface area (Å²) >= 11 is 0. The minimum Gasteiger partial charge on any atom is -0.239 e. The maximum atomic E-state index is 14.1. The third kappa shape index (κ3) is 2.83. The lowest BCUT2D eigenvalue weighted by atomic mass is 9.89. The monoisotopic (exact) mass is 180 g/mol. The molecule has 1 aromatic carbocycles. The number of benzene rings is 1. The molecule has 1 atom stereocenters. The van der Waals surface area contributed by atoms with E-state index in [4.69, 9.17) is 0 Å². The Kier molecular flexibility index (Phi) is 3.07. The van der Waals surface area contributed by atoms with Gasteiger partial charge in [0.15, 0.2) is 0 Å². The van der Waals surface area contributed by atoms with Crippen LogP contribution in [0.5, 0.6) is 0 Å². The fraction of sp³-hybridized carbons (Fsp3) is 0.500. The Bertz CT molecular complexity index is 249. The fourth-order valence-electron chi connectivity index (χ4n) is 1.67. The van der Waals surface area contributed by atoms with Gasteiger partial charge in [-0.2, -0.15) is 0 Å². The van der Waals surface area contributed by atoms with E-state index in [1.54, 1.807) is 6.92 Å². The minimum absolute atomic E-state index is 0.384. The molecular weight excluding hydrogens is 163 g/mol. The zero-order chi connectivity index (χ0) is 9.90. The zero-order valence-electron chi connectivity index (χ0n) is 8.55. The number of halogens is 1. The second kappa shape index (κ2) is 3.91. The third-order valence-corrected chi connectivity index (χ3v) is 2.17. The molecule has 0 aliphatic heterocycles. The average molecular weight is 180 g/mol. The highest BCUT2D eigenvalue weighted by Crippen LogP contribution is 2.31. The van der Waals surface area contributed by atoms with Gasteiger partial charge in [0.25, 0.3) is 0 Å². The third-order valence-electron chi connectivity index (χ3n) is 2.17. The largest absolute Gasteiger partial charge is 0.239 e. The first-order valence-electron chi connectivity index (χ1n) is 4.77. The fourth-order valence-corrected chi connectivity index (χ4v) is 1.67. The lowest BCUT2D eigenvalue weighted by Crippen LogP contribution is -2.17. The molecule has 0 aliphatic carbocycles. The summed E-state index contributed by atoms with van der Waals surface area (Å²) in [6, 6.07) is 9.38. The van der Waals surface area contributed by atoms with Crippen LogP contribution in [0, 0.1) is 5.92 Å². The number of alkyl halides is 1. The quantitative estimate of drug-likeness (QED) is 0.661. The highest BCUT2D eigenvalue weighted by molar-refractivity contribution is 5.21. The SMILES string of the molecule is CC(C)C[C@](C)(F)c1ccccc1. The molecule has 0 fully saturated rings. The molecule has 72 valence electrons. The van der Waals surface area contributed by atoms with Crippen molar-refractivity contribution >= 4 is 0 Å². The van der Waals surface area contributed by atoms with E-state index in [0.717, 1.165) is 5.56 Å². The van der Waals surface area contributed by atoms with Crippen LogP contribution >= 0.6 is 0 Å². The molecule has 1 aromatic rings. The highest BCUT2D eigenvalue weighted by Gasteiger charge is 2.26. The molecule has 0 aliphatic rings. The van der Waals surface area contributed by atoms with Crippen LogP contribution in [0.3, 0.4) is 0 Å². The summed E-state index contributed by atoms with van der Waals surface area (Å²) in [6.45, 7) is 5.74. The summed E-state index contributed by atoms with van der Waals surface area (Å²) in [6.07, 6.45) is 0.580. The summed E-state index contributed by atoms with van der Waals surface area (Å²) < 4.78 is 14.1. The van der Waals surface area contributed by atoms with E-state index in [0.29, 0.717) is 12.3 Å². The van der Waals surface area contributed by atoms with Crippen LogP contribution in [-0.2, 0) is 5.67 Å². The van der Waals surface area contributed by atoms with Crippen LogP contribution in [0.4, 0.5) is 4.39 Å². The molecule has 0 nitrogen and oxygen atoms in total. The number of hydrogen-bond donors (Lipinski definition) is 0. The first kappa shape index (κ1) is 10.2. The van der Waals surface area contributed by atoms with E-state index in [1.165, 1.54) is 0 Å². The van der Waals surface area contributed by atoms with Gasteiger partial charge in [-0.3, -0.25) is 0 Å². The smallest absolute Gasteiger partial charge is 0.133 e. The van der Waals surface area contributed by atoms with Crippen molar-refractivity contribution in [3.63, 3.8) is 0 Å². The second-order valence-electron chi connectivity index (χ2n) is 4.16. The number of rotatable bonds is 3. The van der Waals surface area contributed by atoms with Crippen LogP contribution in [0.1, 0.15) is 32.8 Å². The Balaban J connectivity index is 2.81. The minimum atomic E-state index is -1.19. The summed E-state index contributed by atoms with van der Waals surface area (Å²) in [5.41, 5.74) is -0.404. The lowest BCUT2D eigenvalue weighted by Gasteiger charge is -2.22. The van der Waals surface area contributed by atoms with Crippen molar-refractivity contribution in [1.29, 1.82) is 0 Å². The molecule has 0 bridgehead atoms. The molecule has 1 rings (SSSR count). The van der Waals surface area contributed by atoms with Gasteiger partial charge in [-0.25, -0.2) is 4.39 Å². The van der Waals surface area contributed by atoms with Crippen LogP contribution in [0.2, 0.25) is 0 Å². The molecule has 0 amide bonds. The normalized spacial score (nSPS) is 15.8. The molecular formula is C12H17F. The van der Waals surface area contributed by atoms with Crippen LogP contribution in [0.15, 0.2) is 30.3 Å². The van der Waals surface area contributed by atoms with Gasteiger partial charge in [0.1, 0.15) is 5.67 Å². The molecule has 0 radical (unpaired) electrons. The van der Waals surface area contributed by atoms with E-state index >= 15 is 0 Å². The Morgan fingerprint density at radius 1 is 1.23 bits per heavy atom. The van der Waals surface area contributed by atoms with Gasteiger partial charge in [-0.05, 0) is 24.8 Å². The van der Waals surface area contributed by atoms with Gasteiger partial charge >= 0.3 is 0 Å². The van der Waals surface area contributed by atoms with Crippen molar-refractivity contribution in [3.05, 3.63) is 35.9 Å². The zero-order valence-corrected chi connectivity index (χ0v) is 8.55. The number of hydrogen-bond acceptors (Lipinski definition) is 0. The average Bonchev–Trinajstić information content (AvgIpc) is 2.04. The lowest BCUT2D eigenvalue weighted by molar-refractivity contribution is 0.154. The Morgan fingerprint density at radius 2 is 1.77 bits per heavy atom. The van der Waals surface area contributed by atoms with Crippen LogP contribution < -0.4 is 0 Å². The predicted molar refractivity (Wildman–Crippen MR) is 54.4 cm³/mol. The summed E-state index contributed by atoms with van der Waals surface area (Å²) in [5.74, 6) is 0.384. The molecule has 13 heavy (non-hydrogen) atoms. The van der Waals surface area contributed by atoms with Crippen molar-refractivity contribution in [3.8, 4) is 0 Å². The maximum Gasteiger partial charge on any atom is 0.133 e. The Labute approximate surface area is 79.8 Å². The van der Waals surface area contributed by atoms with Gasteiger partial charge < -0.3 is 0 Å². The topological polar surface area (TPSA) is 0 Å². The van der Waals surface area contributed by atoms with Crippen molar-refractivity contribution in [2.24, 2.45) is 5.92 Å². The highest BCUT2D eigenvalue weighted by atomic mass is 19.1. The molecule has 1 heteroatoms. The van der Waals surface area contributed by atoms with Crippen molar-refractivity contribution in [2.75, 3.05) is 0 Å². The van der Waals surface area contributed by atoms with E-state index in [2.05, 4.69) is 0 Å². The summed E-state index contributed by atoms with van der Waals surface area (Å²) in [7, 11) is 0. The Morgan fingerprint density at radius 3 is 2.23 bits per heavy atom. The molecule has 0 saturated carbocycles. The van der Waals surface area contributed by atoms with Gasteiger partial charge in [-0.15, -0.1) is 0 Å². The van der Waals surface area contributed by atoms with E-state index < -0.39 is 5.67 Å². The van der Waals surface area contributed by atoms with Crippen molar-refractivity contribution < 1.29 is 4.39 Å². The Hall–Kier alpha value is -0.850. The molecule has 0 N–H and O–H groups in total. The van der Waals surface area contributed by atoms with E-state index in [-0.39, 0.29) is 0 Å². The first-order chi connectivity index (χ1) is 6.02. The van der Waals surface area contributed by atoms with Crippen LogP contribution in [-0.4, -0.2) is 0 Å². The first-order valence-corrected chi connectivity index (χ1v) is 4.77. The van der Waals surface area contributed by atoms with E-state index in [1.807, 2.05) is 44.2 Å². The molecule has 0 heterocycles. The van der Waals surface area contributed by atoms with Crippen molar-refractivity contribution in [1.82, 2.24) is 0 Å². The molecule has 0 aromatic heterocycles.